The van der Waals surface area contributed by atoms with Crippen LogP contribution in [0.2, 0.25) is 5.02 Å². The van der Waals surface area contributed by atoms with Crippen LogP contribution in [0.4, 0.5) is 10.5 Å². The van der Waals surface area contributed by atoms with Gasteiger partial charge in [-0.2, -0.15) is 0 Å². The first-order chi connectivity index (χ1) is 13.1. The highest BCUT2D eigenvalue weighted by molar-refractivity contribution is 6.31. The minimum atomic E-state index is -0.0765. The van der Waals surface area contributed by atoms with E-state index in [2.05, 4.69) is 24.4 Å². The number of rotatable bonds is 10. The van der Waals surface area contributed by atoms with Gasteiger partial charge in [-0.1, -0.05) is 87.0 Å². The highest BCUT2D eigenvalue weighted by Crippen LogP contribution is 2.20. The average Bonchev–Trinajstić information content (AvgIpc) is 2.67. The van der Waals surface area contributed by atoms with E-state index < -0.39 is 0 Å². The number of nitrogens with zero attached hydrogens (tertiary/aromatic N) is 1. The van der Waals surface area contributed by atoms with E-state index in [0.717, 1.165) is 36.2 Å². The number of hydrogen-bond donors (Lipinski definition) is 1. The standard InChI is InChI=1S/C23H31ClN2O/c1-3-4-5-6-7-11-16-26(18-20-12-9-8-10-13-20)23(27)25-21-15-14-19(2)22(24)17-21/h8-10,12-15,17H,3-7,11,16,18H2,1-2H3,(H,25,27). The molecule has 0 saturated heterocycles. The Morgan fingerprint density at radius 1 is 1.00 bits per heavy atom. The summed E-state index contributed by atoms with van der Waals surface area (Å²) in [5.41, 5.74) is 2.88. The number of carbonyl (C=O) groups excluding carboxylic acids is 1. The van der Waals surface area contributed by atoms with Crippen molar-refractivity contribution >= 4 is 23.3 Å². The molecule has 146 valence electrons. The molecule has 2 amide bonds. The second-order valence-electron chi connectivity index (χ2n) is 7.07. The molecule has 0 aromatic heterocycles. The van der Waals surface area contributed by atoms with Crippen molar-refractivity contribution in [1.29, 1.82) is 0 Å². The number of anilines is 1. The maximum Gasteiger partial charge on any atom is 0.322 e. The van der Waals surface area contributed by atoms with Crippen LogP contribution in [0.1, 0.15) is 56.6 Å². The molecule has 0 bridgehead atoms. The molecule has 2 aromatic carbocycles. The van der Waals surface area contributed by atoms with Crippen molar-refractivity contribution in [1.82, 2.24) is 4.90 Å². The molecule has 0 unspecified atom stereocenters. The van der Waals surface area contributed by atoms with Gasteiger partial charge in [-0.3, -0.25) is 0 Å². The molecule has 27 heavy (non-hydrogen) atoms. The summed E-state index contributed by atoms with van der Waals surface area (Å²) in [6, 6.07) is 15.7. The van der Waals surface area contributed by atoms with Gasteiger partial charge in [0.2, 0.25) is 0 Å². The minimum absolute atomic E-state index is 0.0765. The SMILES string of the molecule is CCCCCCCCN(Cc1ccccc1)C(=O)Nc1ccc(C)c(Cl)c1. The van der Waals surface area contributed by atoms with Crippen LogP contribution in [-0.4, -0.2) is 17.5 Å². The van der Waals surface area contributed by atoms with Crippen molar-refractivity contribution in [3.05, 3.63) is 64.7 Å². The Hall–Kier alpha value is -2.00. The minimum Gasteiger partial charge on any atom is -0.320 e. The van der Waals surface area contributed by atoms with Gasteiger partial charge in [-0.05, 0) is 36.6 Å². The monoisotopic (exact) mass is 386 g/mol. The molecule has 4 heteroatoms. The third-order valence-electron chi connectivity index (χ3n) is 4.71. The van der Waals surface area contributed by atoms with E-state index >= 15 is 0 Å². The fraction of sp³-hybridized carbons (Fsp3) is 0.435. The van der Waals surface area contributed by atoms with Crippen LogP contribution in [-0.2, 0) is 6.54 Å². The molecule has 3 nitrogen and oxygen atoms in total. The van der Waals surface area contributed by atoms with E-state index in [4.69, 9.17) is 11.6 Å². The first kappa shape index (κ1) is 21.3. The smallest absolute Gasteiger partial charge is 0.320 e. The van der Waals surface area contributed by atoms with E-state index in [0.29, 0.717) is 11.6 Å². The van der Waals surface area contributed by atoms with Crippen LogP contribution in [0, 0.1) is 6.92 Å². The highest BCUT2D eigenvalue weighted by atomic mass is 35.5. The molecular weight excluding hydrogens is 356 g/mol. The number of halogens is 1. The third-order valence-corrected chi connectivity index (χ3v) is 5.12. The van der Waals surface area contributed by atoms with Gasteiger partial charge >= 0.3 is 6.03 Å². The van der Waals surface area contributed by atoms with Crippen molar-refractivity contribution < 1.29 is 4.79 Å². The molecule has 0 aliphatic rings. The molecule has 2 aromatic rings. The maximum absolute atomic E-state index is 12.9. The first-order valence-electron chi connectivity index (χ1n) is 9.96. The zero-order valence-corrected chi connectivity index (χ0v) is 17.3. The molecule has 0 heterocycles. The summed E-state index contributed by atoms with van der Waals surface area (Å²) in [6.45, 7) is 5.55. The molecule has 0 aliphatic heterocycles. The van der Waals surface area contributed by atoms with Crippen molar-refractivity contribution in [3.63, 3.8) is 0 Å². The lowest BCUT2D eigenvalue weighted by atomic mass is 10.1. The van der Waals surface area contributed by atoms with Crippen molar-refractivity contribution in [2.45, 2.75) is 58.9 Å². The Balaban J connectivity index is 1.96. The molecule has 0 aliphatic carbocycles. The number of unbranched alkanes of at least 4 members (excludes halogenated alkanes) is 5. The van der Waals surface area contributed by atoms with Gasteiger partial charge in [-0.15, -0.1) is 0 Å². The van der Waals surface area contributed by atoms with Crippen molar-refractivity contribution in [3.8, 4) is 0 Å². The van der Waals surface area contributed by atoms with Crippen LogP contribution in [0.25, 0.3) is 0 Å². The topological polar surface area (TPSA) is 32.3 Å². The summed E-state index contributed by atoms with van der Waals surface area (Å²) in [6.07, 6.45) is 7.25. The van der Waals surface area contributed by atoms with Gasteiger partial charge in [0.15, 0.2) is 0 Å². The Bertz CT molecular complexity index is 703. The predicted molar refractivity (Wildman–Crippen MR) is 115 cm³/mol. The predicted octanol–water partition coefficient (Wildman–Crippen LogP) is 7.04. The summed E-state index contributed by atoms with van der Waals surface area (Å²) in [5.74, 6) is 0. The molecule has 0 atom stereocenters. The molecular formula is C23H31ClN2O. The Kier molecular flexibility index (Phi) is 9.20. The van der Waals surface area contributed by atoms with Crippen LogP contribution in [0.3, 0.4) is 0 Å². The number of carbonyl (C=O) groups is 1. The highest BCUT2D eigenvalue weighted by Gasteiger charge is 2.14. The molecule has 2 rings (SSSR count). The lowest BCUT2D eigenvalue weighted by molar-refractivity contribution is 0.207. The number of aryl methyl sites for hydroxylation is 1. The van der Waals surface area contributed by atoms with Gasteiger partial charge in [0, 0.05) is 23.8 Å². The second kappa shape index (κ2) is 11.7. The number of amides is 2. The Morgan fingerprint density at radius 3 is 2.41 bits per heavy atom. The zero-order chi connectivity index (χ0) is 19.5. The largest absolute Gasteiger partial charge is 0.322 e. The molecule has 0 spiro atoms. The van der Waals surface area contributed by atoms with Crippen molar-refractivity contribution in [2.24, 2.45) is 0 Å². The van der Waals surface area contributed by atoms with Crippen LogP contribution in [0.5, 0.6) is 0 Å². The van der Waals surface area contributed by atoms with Gasteiger partial charge < -0.3 is 10.2 Å². The van der Waals surface area contributed by atoms with E-state index in [1.165, 1.54) is 25.7 Å². The van der Waals surface area contributed by atoms with Gasteiger partial charge in [0.25, 0.3) is 0 Å². The quantitative estimate of drug-likeness (QED) is 0.436. The average molecular weight is 387 g/mol. The van der Waals surface area contributed by atoms with Crippen LogP contribution >= 0.6 is 11.6 Å². The fourth-order valence-electron chi connectivity index (χ4n) is 3.01. The second-order valence-corrected chi connectivity index (χ2v) is 7.48. The van der Waals surface area contributed by atoms with Crippen LogP contribution < -0.4 is 5.32 Å². The summed E-state index contributed by atoms with van der Waals surface area (Å²) in [7, 11) is 0. The van der Waals surface area contributed by atoms with Crippen LogP contribution in [0.15, 0.2) is 48.5 Å². The fourth-order valence-corrected chi connectivity index (χ4v) is 3.19. The van der Waals surface area contributed by atoms with E-state index in [1.54, 1.807) is 6.07 Å². The summed E-state index contributed by atoms with van der Waals surface area (Å²) < 4.78 is 0. The van der Waals surface area contributed by atoms with Crippen molar-refractivity contribution in [2.75, 3.05) is 11.9 Å². The van der Waals surface area contributed by atoms with E-state index in [-0.39, 0.29) is 6.03 Å². The number of benzene rings is 2. The van der Waals surface area contributed by atoms with Gasteiger partial charge in [0.05, 0.1) is 0 Å². The Labute approximate surface area is 168 Å². The molecule has 0 fully saturated rings. The number of hydrogen-bond acceptors (Lipinski definition) is 1. The summed E-state index contributed by atoms with van der Waals surface area (Å²) in [5, 5.41) is 3.66. The zero-order valence-electron chi connectivity index (χ0n) is 16.5. The summed E-state index contributed by atoms with van der Waals surface area (Å²) in [4.78, 5) is 14.7. The molecule has 0 saturated carbocycles. The maximum atomic E-state index is 12.9. The normalized spacial score (nSPS) is 10.6. The number of nitrogens with one attached hydrogen (secondary N) is 1. The molecule has 0 radical (unpaired) electrons. The lowest BCUT2D eigenvalue weighted by Crippen LogP contribution is -2.35. The Morgan fingerprint density at radius 2 is 1.70 bits per heavy atom. The summed E-state index contributed by atoms with van der Waals surface area (Å²) >= 11 is 6.19. The van der Waals surface area contributed by atoms with E-state index in [1.807, 2.05) is 42.2 Å². The molecule has 1 N–H and O–H groups in total. The third kappa shape index (κ3) is 7.64. The number of urea groups is 1. The first-order valence-corrected chi connectivity index (χ1v) is 10.3. The lowest BCUT2D eigenvalue weighted by Gasteiger charge is -2.23. The van der Waals surface area contributed by atoms with Gasteiger partial charge in [0.1, 0.15) is 0 Å². The van der Waals surface area contributed by atoms with Gasteiger partial charge in [-0.25, -0.2) is 4.79 Å². The van der Waals surface area contributed by atoms with E-state index in [9.17, 15) is 4.79 Å².